The first-order chi connectivity index (χ1) is 9.15. The molecule has 0 heterocycles. The number of hydrogen-bond donors (Lipinski definition) is 0. The highest BCUT2D eigenvalue weighted by Crippen LogP contribution is 2.24. The Hall–Kier alpha value is -1.96. The Morgan fingerprint density at radius 3 is 2.47 bits per heavy atom. The summed E-state index contributed by atoms with van der Waals surface area (Å²) in [5.74, 6) is -0.430. The highest BCUT2D eigenvalue weighted by molar-refractivity contribution is 6.09. The SMILES string of the molecule is Cc1ccc(C(=O)c2ccc3c(c2)CCC3)cc1F. The highest BCUT2D eigenvalue weighted by atomic mass is 19.1. The van der Waals surface area contributed by atoms with Crippen LogP contribution in [0.1, 0.15) is 39.0 Å². The predicted molar refractivity (Wildman–Crippen MR) is 73.0 cm³/mol. The number of halogens is 1. The molecule has 0 atom stereocenters. The summed E-state index contributed by atoms with van der Waals surface area (Å²) in [6.07, 6.45) is 3.30. The summed E-state index contributed by atoms with van der Waals surface area (Å²) in [5, 5.41) is 0. The largest absolute Gasteiger partial charge is 0.289 e. The second-order valence-corrected chi connectivity index (χ2v) is 5.13. The quantitative estimate of drug-likeness (QED) is 0.744. The minimum atomic E-state index is -0.327. The van der Waals surface area contributed by atoms with Crippen LogP contribution in [-0.4, -0.2) is 5.78 Å². The molecule has 1 nitrogen and oxygen atoms in total. The van der Waals surface area contributed by atoms with Gasteiger partial charge in [-0.05, 0) is 55.0 Å². The third kappa shape index (κ3) is 2.19. The zero-order valence-corrected chi connectivity index (χ0v) is 10.9. The van der Waals surface area contributed by atoms with Crippen LogP contribution in [0.3, 0.4) is 0 Å². The summed E-state index contributed by atoms with van der Waals surface area (Å²) < 4.78 is 13.5. The van der Waals surface area contributed by atoms with Crippen LogP contribution in [0.15, 0.2) is 36.4 Å². The minimum absolute atomic E-state index is 0.103. The van der Waals surface area contributed by atoms with Crippen molar-refractivity contribution in [1.29, 1.82) is 0 Å². The van der Waals surface area contributed by atoms with Crippen molar-refractivity contribution in [3.63, 3.8) is 0 Å². The molecule has 0 bridgehead atoms. The van der Waals surface area contributed by atoms with Crippen LogP contribution in [0.5, 0.6) is 0 Å². The molecule has 1 aliphatic rings. The maximum absolute atomic E-state index is 13.5. The van der Waals surface area contributed by atoms with Gasteiger partial charge < -0.3 is 0 Å². The molecule has 0 saturated carbocycles. The molecule has 19 heavy (non-hydrogen) atoms. The molecule has 2 aromatic rings. The van der Waals surface area contributed by atoms with Crippen molar-refractivity contribution in [2.75, 3.05) is 0 Å². The summed E-state index contributed by atoms with van der Waals surface area (Å²) >= 11 is 0. The van der Waals surface area contributed by atoms with E-state index in [-0.39, 0.29) is 11.6 Å². The molecule has 0 amide bonds. The van der Waals surface area contributed by atoms with Crippen molar-refractivity contribution >= 4 is 5.78 Å². The van der Waals surface area contributed by atoms with Gasteiger partial charge in [0.2, 0.25) is 0 Å². The number of hydrogen-bond acceptors (Lipinski definition) is 1. The van der Waals surface area contributed by atoms with Crippen molar-refractivity contribution in [3.05, 3.63) is 70.0 Å². The molecule has 0 unspecified atom stereocenters. The van der Waals surface area contributed by atoms with Crippen LogP contribution >= 0.6 is 0 Å². The van der Waals surface area contributed by atoms with Gasteiger partial charge in [0.1, 0.15) is 5.82 Å². The number of carbonyl (C=O) groups is 1. The Balaban J connectivity index is 1.97. The van der Waals surface area contributed by atoms with Crippen molar-refractivity contribution in [3.8, 4) is 0 Å². The van der Waals surface area contributed by atoms with E-state index in [0.717, 1.165) is 19.3 Å². The van der Waals surface area contributed by atoms with Gasteiger partial charge in [-0.1, -0.05) is 24.3 Å². The number of ketones is 1. The van der Waals surface area contributed by atoms with E-state index >= 15 is 0 Å². The highest BCUT2D eigenvalue weighted by Gasteiger charge is 2.15. The average Bonchev–Trinajstić information content (AvgIpc) is 2.88. The van der Waals surface area contributed by atoms with E-state index in [1.165, 1.54) is 17.2 Å². The van der Waals surface area contributed by atoms with E-state index < -0.39 is 0 Å². The van der Waals surface area contributed by atoms with Crippen molar-refractivity contribution in [2.45, 2.75) is 26.2 Å². The molecule has 3 rings (SSSR count). The Morgan fingerprint density at radius 2 is 1.68 bits per heavy atom. The van der Waals surface area contributed by atoms with Crippen molar-refractivity contribution in [1.82, 2.24) is 0 Å². The monoisotopic (exact) mass is 254 g/mol. The van der Waals surface area contributed by atoms with Crippen LogP contribution in [0.4, 0.5) is 4.39 Å². The zero-order chi connectivity index (χ0) is 13.4. The van der Waals surface area contributed by atoms with E-state index in [1.807, 2.05) is 18.2 Å². The van der Waals surface area contributed by atoms with E-state index in [1.54, 1.807) is 19.1 Å². The molecule has 0 aromatic heterocycles. The van der Waals surface area contributed by atoms with Crippen LogP contribution in [0.2, 0.25) is 0 Å². The van der Waals surface area contributed by atoms with Gasteiger partial charge in [-0.3, -0.25) is 4.79 Å². The Kier molecular flexibility index (Phi) is 2.94. The van der Waals surface area contributed by atoms with Gasteiger partial charge in [-0.25, -0.2) is 4.39 Å². The zero-order valence-electron chi connectivity index (χ0n) is 10.9. The number of aryl methyl sites for hydroxylation is 3. The molecule has 0 aliphatic heterocycles. The van der Waals surface area contributed by atoms with Gasteiger partial charge >= 0.3 is 0 Å². The molecule has 2 heteroatoms. The second-order valence-electron chi connectivity index (χ2n) is 5.13. The fourth-order valence-electron chi connectivity index (χ4n) is 2.61. The molecule has 96 valence electrons. The summed E-state index contributed by atoms with van der Waals surface area (Å²) in [5.41, 5.74) is 4.24. The van der Waals surface area contributed by atoms with Gasteiger partial charge in [0, 0.05) is 11.1 Å². The van der Waals surface area contributed by atoms with Crippen LogP contribution in [0, 0.1) is 12.7 Å². The third-order valence-corrected chi connectivity index (χ3v) is 3.79. The van der Waals surface area contributed by atoms with Gasteiger partial charge in [0.05, 0.1) is 0 Å². The Morgan fingerprint density at radius 1 is 1.00 bits per heavy atom. The molecular weight excluding hydrogens is 239 g/mol. The van der Waals surface area contributed by atoms with E-state index in [4.69, 9.17) is 0 Å². The van der Waals surface area contributed by atoms with E-state index in [2.05, 4.69) is 0 Å². The third-order valence-electron chi connectivity index (χ3n) is 3.79. The molecule has 0 spiro atoms. The lowest BCUT2D eigenvalue weighted by Crippen LogP contribution is -2.03. The lowest BCUT2D eigenvalue weighted by molar-refractivity contribution is 0.103. The van der Waals surface area contributed by atoms with Gasteiger partial charge in [-0.2, -0.15) is 0 Å². The first-order valence-electron chi connectivity index (χ1n) is 6.58. The molecule has 0 saturated heterocycles. The normalized spacial score (nSPS) is 13.4. The first kappa shape index (κ1) is 12.1. The number of benzene rings is 2. The van der Waals surface area contributed by atoms with Gasteiger partial charge in [0.15, 0.2) is 5.78 Å². The first-order valence-corrected chi connectivity index (χ1v) is 6.58. The molecule has 2 aromatic carbocycles. The fourth-order valence-corrected chi connectivity index (χ4v) is 2.61. The van der Waals surface area contributed by atoms with Crippen molar-refractivity contribution < 1.29 is 9.18 Å². The summed E-state index contributed by atoms with van der Waals surface area (Å²) in [6, 6.07) is 10.5. The maximum Gasteiger partial charge on any atom is 0.193 e. The lowest BCUT2D eigenvalue weighted by atomic mass is 9.98. The Bertz CT molecular complexity index is 658. The van der Waals surface area contributed by atoms with Gasteiger partial charge in [0.25, 0.3) is 0 Å². The molecule has 1 aliphatic carbocycles. The van der Waals surface area contributed by atoms with E-state index in [9.17, 15) is 9.18 Å². The topological polar surface area (TPSA) is 17.1 Å². The smallest absolute Gasteiger partial charge is 0.193 e. The number of fused-ring (bicyclic) bond motifs is 1. The molecule has 0 N–H and O–H groups in total. The predicted octanol–water partition coefficient (Wildman–Crippen LogP) is 3.85. The summed E-state index contributed by atoms with van der Waals surface area (Å²) in [7, 11) is 0. The Labute approximate surface area is 112 Å². The molecule has 0 radical (unpaired) electrons. The standard InChI is InChI=1S/C17H15FO/c1-11-5-6-15(10-16(11)18)17(19)14-8-7-12-3-2-4-13(12)9-14/h5-10H,2-4H2,1H3. The average molecular weight is 254 g/mol. The number of carbonyl (C=O) groups excluding carboxylic acids is 1. The maximum atomic E-state index is 13.5. The lowest BCUT2D eigenvalue weighted by Gasteiger charge is -2.05. The molecular formula is C17H15FO. The summed E-state index contributed by atoms with van der Waals surface area (Å²) in [4.78, 5) is 12.3. The second kappa shape index (κ2) is 4.61. The van der Waals surface area contributed by atoms with Crippen LogP contribution < -0.4 is 0 Å². The minimum Gasteiger partial charge on any atom is -0.289 e. The van der Waals surface area contributed by atoms with E-state index in [0.29, 0.717) is 16.7 Å². The number of rotatable bonds is 2. The van der Waals surface area contributed by atoms with Gasteiger partial charge in [-0.15, -0.1) is 0 Å². The van der Waals surface area contributed by atoms with Crippen molar-refractivity contribution in [2.24, 2.45) is 0 Å². The van der Waals surface area contributed by atoms with Crippen LogP contribution in [-0.2, 0) is 12.8 Å². The fraction of sp³-hybridized carbons (Fsp3) is 0.235. The summed E-state index contributed by atoms with van der Waals surface area (Å²) in [6.45, 7) is 1.69. The van der Waals surface area contributed by atoms with Crippen LogP contribution in [0.25, 0.3) is 0 Å². The molecule has 0 fully saturated rings.